The molecule has 1 heterocycles. The van der Waals surface area contributed by atoms with Crippen LogP contribution in [0.25, 0.3) is 0 Å². The molecule has 0 spiro atoms. The molecule has 1 aromatic carbocycles. The number of hydrogen-bond acceptors (Lipinski definition) is 6. The summed E-state index contributed by atoms with van der Waals surface area (Å²) in [6.07, 6.45) is 0. The minimum atomic E-state index is -3.62. The summed E-state index contributed by atoms with van der Waals surface area (Å²) < 4.78 is 32.8. The number of sulfonamides is 1. The van der Waals surface area contributed by atoms with Crippen LogP contribution in [0.5, 0.6) is 5.75 Å². The van der Waals surface area contributed by atoms with E-state index in [9.17, 15) is 13.2 Å². The summed E-state index contributed by atoms with van der Waals surface area (Å²) >= 11 is 8.84. The number of ether oxygens (including phenoxy) is 1. The second-order valence-corrected chi connectivity index (χ2v) is 10.4. The van der Waals surface area contributed by atoms with Gasteiger partial charge in [0.25, 0.3) is 0 Å². The second kappa shape index (κ2) is 10.5. The lowest BCUT2D eigenvalue weighted by Crippen LogP contribution is -2.30. The van der Waals surface area contributed by atoms with Crippen molar-refractivity contribution in [3.8, 4) is 5.75 Å². The van der Waals surface area contributed by atoms with Crippen LogP contribution in [0.15, 0.2) is 35.2 Å². The van der Waals surface area contributed by atoms with E-state index >= 15 is 0 Å². The van der Waals surface area contributed by atoms with E-state index in [-0.39, 0.29) is 16.6 Å². The first-order chi connectivity index (χ1) is 13.3. The van der Waals surface area contributed by atoms with Crippen LogP contribution in [0.4, 0.5) is 5.69 Å². The van der Waals surface area contributed by atoms with Gasteiger partial charge in [0, 0.05) is 23.7 Å². The molecule has 0 atom stereocenters. The fourth-order valence-corrected chi connectivity index (χ4v) is 6.03. The first kappa shape index (κ1) is 23.0. The Kier molecular flexibility index (Phi) is 8.63. The number of thiophene rings is 1. The fraction of sp³-hybridized carbons (Fsp3) is 0.389. The van der Waals surface area contributed by atoms with Crippen molar-refractivity contribution in [2.24, 2.45) is 0 Å². The molecule has 2 aromatic rings. The van der Waals surface area contributed by atoms with Crippen molar-refractivity contribution >= 4 is 56.3 Å². The maximum absolute atomic E-state index is 12.7. The molecule has 2 rings (SSSR count). The minimum Gasteiger partial charge on any atom is -0.495 e. The molecule has 0 saturated heterocycles. The second-order valence-electron chi connectivity index (χ2n) is 5.70. The van der Waals surface area contributed by atoms with Crippen LogP contribution in [0, 0.1) is 0 Å². The number of methoxy groups -OCH3 is 1. The Bertz CT molecular complexity index is 911. The zero-order valence-corrected chi connectivity index (χ0v) is 19.1. The van der Waals surface area contributed by atoms with Crippen LogP contribution in [-0.2, 0) is 20.6 Å². The molecule has 1 N–H and O–H groups in total. The molecule has 28 heavy (non-hydrogen) atoms. The Balaban J connectivity index is 2.09. The van der Waals surface area contributed by atoms with E-state index in [1.165, 1.54) is 46.6 Å². The van der Waals surface area contributed by atoms with Gasteiger partial charge in [0.1, 0.15) is 5.75 Å². The van der Waals surface area contributed by atoms with Crippen molar-refractivity contribution < 1.29 is 17.9 Å². The van der Waals surface area contributed by atoms with Gasteiger partial charge in [-0.05, 0) is 30.3 Å². The molecule has 6 nitrogen and oxygen atoms in total. The lowest BCUT2D eigenvalue weighted by Gasteiger charge is -2.19. The summed E-state index contributed by atoms with van der Waals surface area (Å²) in [6, 6.07) is 8.23. The molecule has 10 heteroatoms. The van der Waals surface area contributed by atoms with Crippen LogP contribution in [0.1, 0.15) is 18.7 Å². The summed E-state index contributed by atoms with van der Waals surface area (Å²) in [5, 5.41) is 2.75. The Morgan fingerprint density at radius 3 is 2.54 bits per heavy atom. The normalized spacial score (nSPS) is 11.6. The minimum absolute atomic E-state index is 0.119. The Labute approximate surface area is 179 Å². The van der Waals surface area contributed by atoms with E-state index in [2.05, 4.69) is 5.32 Å². The third kappa shape index (κ3) is 5.87. The van der Waals surface area contributed by atoms with Crippen LogP contribution >= 0.6 is 34.7 Å². The highest BCUT2D eigenvalue weighted by atomic mass is 35.5. The number of nitrogens with one attached hydrogen (secondary N) is 1. The molecule has 154 valence electrons. The van der Waals surface area contributed by atoms with Gasteiger partial charge < -0.3 is 10.1 Å². The van der Waals surface area contributed by atoms with Gasteiger partial charge in [-0.2, -0.15) is 4.31 Å². The highest BCUT2D eigenvalue weighted by molar-refractivity contribution is 7.99. The lowest BCUT2D eigenvalue weighted by atomic mass is 10.3. The predicted molar refractivity (Wildman–Crippen MR) is 117 cm³/mol. The number of anilines is 1. The predicted octanol–water partition coefficient (Wildman–Crippen LogP) is 4.31. The van der Waals surface area contributed by atoms with E-state index < -0.39 is 10.0 Å². The number of thioether (sulfide) groups is 1. The average molecular weight is 463 g/mol. The molecule has 1 amide bonds. The highest BCUT2D eigenvalue weighted by Gasteiger charge is 2.23. The van der Waals surface area contributed by atoms with Crippen LogP contribution in [0.3, 0.4) is 0 Å². The van der Waals surface area contributed by atoms with Gasteiger partial charge in [0.15, 0.2) is 0 Å². The summed E-state index contributed by atoms with van der Waals surface area (Å²) in [5.41, 5.74) is 0.334. The first-order valence-electron chi connectivity index (χ1n) is 8.61. The van der Waals surface area contributed by atoms with Crippen molar-refractivity contribution in [1.82, 2.24) is 4.31 Å². The molecule has 0 aliphatic rings. The van der Waals surface area contributed by atoms with E-state index in [4.69, 9.17) is 16.3 Å². The number of amides is 1. The van der Waals surface area contributed by atoms with E-state index in [0.29, 0.717) is 30.3 Å². The maximum atomic E-state index is 12.7. The standard InChI is InChI=1S/C18H23ClN2O4S3/c1-4-21(5-2)28(23,24)14-7-8-16(25-3)15(10-14)20-18(22)12-26-11-13-6-9-17(19)27-13/h6-10H,4-5,11-12H2,1-3H3,(H,20,22). The van der Waals surface area contributed by atoms with Gasteiger partial charge >= 0.3 is 0 Å². The van der Waals surface area contributed by atoms with Gasteiger partial charge in [0.2, 0.25) is 15.9 Å². The molecule has 0 fully saturated rings. The summed E-state index contributed by atoms with van der Waals surface area (Å²) in [5.74, 6) is 1.08. The average Bonchev–Trinajstić information content (AvgIpc) is 3.07. The monoisotopic (exact) mass is 462 g/mol. The fourth-order valence-electron chi connectivity index (χ4n) is 2.52. The topological polar surface area (TPSA) is 75.7 Å². The van der Waals surface area contributed by atoms with Crippen LogP contribution in [0.2, 0.25) is 4.34 Å². The van der Waals surface area contributed by atoms with E-state index in [1.807, 2.05) is 12.1 Å². The van der Waals surface area contributed by atoms with Crippen molar-refractivity contribution in [3.05, 3.63) is 39.5 Å². The van der Waals surface area contributed by atoms with Gasteiger partial charge in [-0.25, -0.2) is 8.42 Å². The summed E-state index contributed by atoms with van der Waals surface area (Å²) in [7, 11) is -2.15. The van der Waals surface area contributed by atoms with E-state index in [0.717, 1.165) is 9.21 Å². The number of hydrogen-bond donors (Lipinski definition) is 1. The third-order valence-corrected chi connectivity index (χ3v) is 8.34. The van der Waals surface area contributed by atoms with Crippen molar-refractivity contribution in [2.75, 3.05) is 31.3 Å². The quantitative estimate of drug-likeness (QED) is 0.569. The third-order valence-electron chi connectivity index (χ3n) is 3.89. The van der Waals surface area contributed by atoms with Crippen molar-refractivity contribution in [2.45, 2.75) is 24.5 Å². The SMILES string of the molecule is CCN(CC)S(=O)(=O)c1ccc(OC)c(NC(=O)CSCc2ccc(Cl)s2)c1. The van der Waals surface area contributed by atoms with Gasteiger partial charge in [-0.3, -0.25) is 4.79 Å². The zero-order valence-electron chi connectivity index (χ0n) is 15.9. The zero-order chi connectivity index (χ0) is 20.7. The number of carbonyl (C=O) groups is 1. The Morgan fingerprint density at radius 2 is 1.96 bits per heavy atom. The van der Waals surface area contributed by atoms with Crippen LogP contribution in [-0.4, -0.2) is 44.6 Å². The molecule has 0 aliphatic heterocycles. The molecule has 0 radical (unpaired) electrons. The molecule has 0 saturated carbocycles. The molecular weight excluding hydrogens is 440 g/mol. The largest absolute Gasteiger partial charge is 0.495 e. The number of benzene rings is 1. The van der Waals surface area contributed by atoms with Crippen LogP contribution < -0.4 is 10.1 Å². The lowest BCUT2D eigenvalue weighted by molar-refractivity contribution is -0.113. The Hall–Kier alpha value is -1.26. The van der Waals surface area contributed by atoms with Crippen molar-refractivity contribution in [1.29, 1.82) is 0 Å². The number of halogens is 1. The number of carbonyl (C=O) groups excluding carboxylic acids is 1. The Morgan fingerprint density at radius 1 is 1.25 bits per heavy atom. The maximum Gasteiger partial charge on any atom is 0.243 e. The van der Waals surface area contributed by atoms with Crippen molar-refractivity contribution in [3.63, 3.8) is 0 Å². The van der Waals surface area contributed by atoms with Gasteiger partial charge in [0.05, 0.1) is 27.8 Å². The summed E-state index contributed by atoms with van der Waals surface area (Å²) in [6.45, 7) is 4.31. The first-order valence-corrected chi connectivity index (χ1v) is 12.4. The molecule has 0 unspecified atom stereocenters. The smallest absolute Gasteiger partial charge is 0.243 e. The van der Waals surface area contributed by atoms with Gasteiger partial charge in [-0.15, -0.1) is 23.1 Å². The number of rotatable bonds is 10. The molecular formula is C18H23ClN2O4S3. The highest BCUT2D eigenvalue weighted by Crippen LogP contribution is 2.29. The molecule has 0 aliphatic carbocycles. The molecule has 0 bridgehead atoms. The summed E-state index contributed by atoms with van der Waals surface area (Å²) in [4.78, 5) is 13.5. The number of nitrogens with zero attached hydrogens (tertiary/aromatic N) is 1. The molecule has 1 aromatic heterocycles. The van der Waals surface area contributed by atoms with Gasteiger partial charge in [-0.1, -0.05) is 25.4 Å². The van der Waals surface area contributed by atoms with E-state index in [1.54, 1.807) is 19.9 Å².